The molecule has 0 saturated carbocycles. The lowest BCUT2D eigenvalue weighted by molar-refractivity contribution is -0.143. The van der Waals surface area contributed by atoms with Crippen molar-refractivity contribution in [2.75, 3.05) is 13.2 Å². The highest BCUT2D eigenvalue weighted by Crippen LogP contribution is 2.18. The third kappa shape index (κ3) is 51.4. The molecule has 0 radical (unpaired) electrons. The minimum atomic E-state index is 0.0252. The van der Waals surface area contributed by atoms with E-state index in [1.807, 2.05) is 0 Å². The summed E-state index contributed by atoms with van der Waals surface area (Å²) in [5.41, 5.74) is 0. The molecule has 0 saturated heterocycles. The summed E-state index contributed by atoms with van der Waals surface area (Å²) in [6, 6.07) is 0. The van der Waals surface area contributed by atoms with Gasteiger partial charge in [-0.25, -0.2) is 0 Å². The third-order valence-electron chi connectivity index (χ3n) is 12.3. The first-order valence-corrected chi connectivity index (χ1v) is 26.1. The average molecular weight is 777 g/mol. The molecule has 0 amide bonds. The van der Waals surface area contributed by atoms with E-state index in [0.717, 1.165) is 19.3 Å². The Morgan fingerprint density at radius 1 is 0.291 bits per heavy atom. The summed E-state index contributed by atoms with van der Waals surface area (Å²) in [5, 5.41) is 8.82. The van der Waals surface area contributed by atoms with E-state index >= 15 is 0 Å². The van der Waals surface area contributed by atoms with Gasteiger partial charge in [-0.3, -0.25) is 4.79 Å². The van der Waals surface area contributed by atoms with E-state index in [9.17, 15) is 4.79 Å². The van der Waals surface area contributed by atoms with Crippen molar-refractivity contribution in [1.29, 1.82) is 0 Å². The molecule has 0 aliphatic heterocycles. The fraction of sp³-hybridized carbons (Fsp3) is 0.981. The van der Waals surface area contributed by atoms with E-state index in [4.69, 9.17) is 9.84 Å². The molecule has 0 aromatic rings. The number of hydrogen-bond donors (Lipinski definition) is 1. The van der Waals surface area contributed by atoms with Crippen molar-refractivity contribution in [1.82, 2.24) is 0 Å². The first kappa shape index (κ1) is 54.4. The van der Waals surface area contributed by atoms with Crippen LogP contribution in [0.2, 0.25) is 0 Å². The molecule has 0 rings (SSSR count). The Morgan fingerprint density at radius 2 is 0.491 bits per heavy atom. The average Bonchev–Trinajstić information content (AvgIpc) is 3.19. The standard InChI is InChI=1S/C52H104O3/c1-2-3-4-5-6-37-40-43-46-49-52(54)55-51-48-45-42-39-36-34-32-30-28-26-24-22-20-18-16-14-12-10-8-7-9-11-13-15-17-19-21-23-25-27-29-31-33-35-38-41-44-47-50-53/h53H,2-51H2,1H3. The molecular weight excluding hydrogens is 673 g/mol. The number of aliphatic hydroxyl groups excluding tert-OH is 1. The summed E-state index contributed by atoms with van der Waals surface area (Å²) in [6.07, 6.45) is 65.7. The van der Waals surface area contributed by atoms with Gasteiger partial charge in [-0.15, -0.1) is 0 Å². The zero-order chi connectivity index (χ0) is 39.6. The summed E-state index contributed by atoms with van der Waals surface area (Å²) >= 11 is 0. The minimum absolute atomic E-state index is 0.0252. The van der Waals surface area contributed by atoms with Gasteiger partial charge in [-0.1, -0.05) is 289 Å². The van der Waals surface area contributed by atoms with Gasteiger partial charge in [0.05, 0.1) is 6.61 Å². The number of unbranched alkanes of at least 4 members (excludes halogenated alkanes) is 45. The number of carbonyl (C=O) groups is 1. The number of hydrogen-bond acceptors (Lipinski definition) is 3. The molecule has 0 heterocycles. The zero-order valence-corrected chi connectivity index (χ0v) is 38.1. The van der Waals surface area contributed by atoms with Crippen LogP contribution in [0.15, 0.2) is 0 Å². The lowest BCUT2D eigenvalue weighted by Crippen LogP contribution is -2.05. The van der Waals surface area contributed by atoms with Crippen molar-refractivity contribution in [3.05, 3.63) is 0 Å². The van der Waals surface area contributed by atoms with Gasteiger partial charge in [0.15, 0.2) is 0 Å². The van der Waals surface area contributed by atoms with Gasteiger partial charge in [0.25, 0.3) is 0 Å². The SMILES string of the molecule is CCCCCCCCCCCC(=O)OCCCCCCCCCCCCCCCCCCCCCCCCCCCCCCCCCCCCCCCCO. The number of carbonyl (C=O) groups excluding carboxylic acids is 1. The van der Waals surface area contributed by atoms with Crippen LogP contribution in [-0.2, 0) is 9.53 Å². The van der Waals surface area contributed by atoms with Crippen molar-refractivity contribution < 1.29 is 14.6 Å². The molecule has 0 bridgehead atoms. The summed E-state index contributed by atoms with van der Waals surface area (Å²) in [7, 11) is 0. The molecule has 0 fully saturated rings. The summed E-state index contributed by atoms with van der Waals surface area (Å²) in [4.78, 5) is 11.9. The molecule has 0 aliphatic rings. The first-order chi connectivity index (χ1) is 27.3. The van der Waals surface area contributed by atoms with Crippen LogP contribution in [0, 0.1) is 0 Å². The first-order valence-electron chi connectivity index (χ1n) is 26.1. The highest BCUT2D eigenvalue weighted by atomic mass is 16.5. The van der Waals surface area contributed by atoms with Crippen LogP contribution < -0.4 is 0 Å². The van der Waals surface area contributed by atoms with E-state index in [2.05, 4.69) is 6.92 Å². The van der Waals surface area contributed by atoms with Gasteiger partial charge in [0, 0.05) is 13.0 Å². The molecule has 0 aromatic carbocycles. The monoisotopic (exact) mass is 777 g/mol. The molecule has 0 spiro atoms. The fourth-order valence-electron chi connectivity index (χ4n) is 8.42. The Kier molecular flexibility index (Phi) is 50.9. The van der Waals surface area contributed by atoms with Crippen molar-refractivity contribution in [3.8, 4) is 0 Å². The van der Waals surface area contributed by atoms with E-state index in [1.54, 1.807) is 0 Å². The number of esters is 1. The Balaban J connectivity index is 3.10. The summed E-state index contributed by atoms with van der Waals surface area (Å²) in [5.74, 6) is 0.0252. The van der Waals surface area contributed by atoms with Crippen LogP contribution in [0.3, 0.4) is 0 Å². The molecule has 3 nitrogen and oxygen atoms in total. The molecule has 0 atom stereocenters. The highest BCUT2D eigenvalue weighted by Gasteiger charge is 2.03. The Labute approximate surface area is 347 Å². The van der Waals surface area contributed by atoms with Crippen molar-refractivity contribution in [3.63, 3.8) is 0 Å². The normalized spacial score (nSPS) is 11.5. The van der Waals surface area contributed by atoms with E-state index in [-0.39, 0.29) is 5.97 Å². The van der Waals surface area contributed by atoms with Crippen molar-refractivity contribution in [2.24, 2.45) is 0 Å². The van der Waals surface area contributed by atoms with Crippen molar-refractivity contribution in [2.45, 2.75) is 315 Å². The molecule has 0 unspecified atom stereocenters. The van der Waals surface area contributed by atoms with Gasteiger partial charge >= 0.3 is 5.97 Å². The second kappa shape index (κ2) is 51.4. The quantitative estimate of drug-likeness (QED) is 0.0494. The third-order valence-corrected chi connectivity index (χ3v) is 12.3. The maximum atomic E-state index is 11.9. The van der Waals surface area contributed by atoms with Gasteiger partial charge in [-0.2, -0.15) is 0 Å². The smallest absolute Gasteiger partial charge is 0.305 e. The molecule has 0 aromatic heterocycles. The maximum Gasteiger partial charge on any atom is 0.305 e. The number of aliphatic hydroxyl groups is 1. The molecule has 3 heteroatoms. The Morgan fingerprint density at radius 3 is 0.727 bits per heavy atom. The van der Waals surface area contributed by atoms with Crippen LogP contribution in [0.4, 0.5) is 0 Å². The van der Waals surface area contributed by atoms with Crippen LogP contribution in [0.25, 0.3) is 0 Å². The van der Waals surface area contributed by atoms with E-state index in [1.165, 1.54) is 283 Å². The minimum Gasteiger partial charge on any atom is -0.466 e. The topological polar surface area (TPSA) is 46.5 Å². The number of rotatable bonds is 50. The van der Waals surface area contributed by atoms with Crippen LogP contribution in [0.5, 0.6) is 0 Å². The van der Waals surface area contributed by atoms with Gasteiger partial charge in [-0.05, 0) is 19.3 Å². The molecule has 0 aliphatic carbocycles. The Hall–Kier alpha value is -0.570. The fourth-order valence-corrected chi connectivity index (χ4v) is 8.42. The lowest BCUT2D eigenvalue weighted by Gasteiger charge is -2.06. The van der Waals surface area contributed by atoms with Gasteiger partial charge in [0.1, 0.15) is 0 Å². The van der Waals surface area contributed by atoms with Crippen LogP contribution in [0.1, 0.15) is 315 Å². The molecule has 1 N–H and O–H groups in total. The number of ether oxygens (including phenoxy) is 1. The maximum absolute atomic E-state index is 11.9. The Bertz CT molecular complexity index is 678. The van der Waals surface area contributed by atoms with Crippen LogP contribution >= 0.6 is 0 Å². The molecule has 330 valence electrons. The van der Waals surface area contributed by atoms with Gasteiger partial charge in [0.2, 0.25) is 0 Å². The van der Waals surface area contributed by atoms with E-state index in [0.29, 0.717) is 19.6 Å². The molecular formula is C52H104O3. The molecule has 55 heavy (non-hydrogen) atoms. The lowest BCUT2D eigenvalue weighted by atomic mass is 10.0. The highest BCUT2D eigenvalue weighted by molar-refractivity contribution is 5.69. The largest absolute Gasteiger partial charge is 0.466 e. The van der Waals surface area contributed by atoms with Crippen molar-refractivity contribution >= 4 is 5.97 Å². The van der Waals surface area contributed by atoms with E-state index < -0.39 is 0 Å². The second-order valence-corrected chi connectivity index (χ2v) is 18.0. The van der Waals surface area contributed by atoms with Crippen LogP contribution in [-0.4, -0.2) is 24.3 Å². The predicted molar refractivity (Wildman–Crippen MR) is 245 cm³/mol. The summed E-state index contributed by atoms with van der Waals surface area (Å²) in [6.45, 7) is 3.27. The predicted octanol–water partition coefficient (Wildman–Crippen LogP) is 18.3. The van der Waals surface area contributed by atoms with Gasteiger partial charge < -0.3 is 9.84 Å². The second-order valence-electron chi connectivity index (χ2n) is 18.0. The zero-order valence-electron chi connectivity index (χ0n) is 38.1. The summed E-state index contributed by atoms with van der Waals surface area (Å²) < 4.78 is 5.45.